The first kappa shape index (κ1) is 16.5. The molecule has 0 bridgehead atoms. The second-order valence-electron chi connectivity index (χ2n) is 6.75. The van der Waals surface area contributed by atoms with Gasteiger partial charge < -0.3 is 5.32 Å². The SMILES string of the molecule is CCn1cc(CN2CC(CC)(CC)NCC2(C)CC)cn1. The highest BCUT2D eigenvalue weighted by Crippen LogP contribution is 2.31. The monoisotopic (exact) mass is 292 g/mol. The maximum absolute atomic E-state index is 4.42. The molecule has 120 valence electrons. The van der Waals surface area contributed by atoms with Crippen LogP contribution in [-0.4, -0.2) is 38.8 Å². The molecule has 0 aromatic carbocycles. The quantitative estimate of drug-likeness (QED) is 0.875. The van der Waals surface area contributed by atoms with E-state index in [-0.39, 0.29) is 11.1 Å². The first-order valence-electron chi connectivity index (χ1n) is 8.52. The van der Waals surface area contributed by atoms with Gasteiger partial charge in [-0.25, -0.2) is 0 Å². The van der Waals surface area contributed by atoms with Crippen molar-refractivity contribution in [2.24, 2.45) is 0 Å². The van der Waals surface area contributed by atoms with E-state index in [1.54, 1.807) is 0 Å². The molecule has 0 spiro atoms. The fraction of sp³-hybridized carbons (Fsp3) is 0.824. The van der Waals surface area contributed by atoms with Crippen molar-refractivity contribution < 1.29 is 0 Å². The minimum Gasteiger partial charge on any atom is -0.308 e. The second kappa shape index (κ2) is 6.49. The minimum absolute atomic E-state index is 0.238. The summed E-state index contributed by atoms with van der Waals surface area (Å²) in [5.74, 6) is 0. The van der Waals surface area contributed by atoms with Crippen LogP contribution in [0.1, 0.15) is 59.4 Å². The predicted molar refractivity (Wildman–Crippen MR) is 88.3 cm³/mol. The lowest BCUT2D eigenvalue weighted by Crippen LogP contribution is -2.68. The highest BCUT2D eigenvalue weighted by Gasteiger charge is 2.42. The van der Waals surface area contributed by atoms with Gasteiger partial charge in [-0.1, -0.05) is 20.8 Å². The number of nitrogens with one attached hydrogen (secondary N) is 1. The summed E-state index contributed by atoms with van der Waals surface area (Å²) >= 11 is 0. The van der Waals surface area contributed by atoms with E-state index >= 15 is 0 Å². The average Bonchev–Trinajstić information content (AvgIpc) is 2.97. The molecule has 1 aromatic rings. The van der Waals surface area contributed by atoms with Crippen molar-refractivity contribution >= 4 is 0 Å². The Morgan fingerprint density at radius 3 is 2.43 bits per heavy atom. The Balaban J connectivity index is 2.18. The van der Waals surface area contributed by atoms with Gasteiger partial charge in [-0.2, -0.15) is 5.10 Å². The molecule has 0 amide bonds. The molecule has 2 heterocycles. The van der Waals surface area contributed by atoms with Crippen LogP contribution >= 0.6 is 0 Å². The zero-order chi connectivity index (χ0) is 15.5. The zero-order valence-electron chi connectivity index (χ0n) is 14.4. The van der Waals surface area contributed by atoms with E-state index in [1.165, 1.54) is 24.8 Å². The van der Waals surface area contributed by atoms with E-state index < -0.39 is 0 Å². The van der Waals surface area contributed by atoms with Gasteiger partial charge in [0.2, 0.25) is 0 Å². The van der Waals surface area contributed by atoms with Gasteiger partial charge in [-0.05, 0) is 33.1 Å². The van der Waals surface area contributed by atoms with Crippen molar-refractivity contribution in [1.82, 2.24) is 20.0 Å². The van der Waals surface area contributed by atoms with Crippen molar-refractivity contribution in [1.29, 1.82) is 0 Å². The van der Waals surface area contributed by atoms with Crippen LogP contribution < -0.4 is 5.32 Å². The molecule has 1 aromatic heterocycles. The number of aryl methyl sites for hydroxylation is 1. The third-order valence-electron chi connectivity index (χ3n) is 5.60. The van der Waals surface area contributed by atoms with E-state index in [4.69, 9.17) is 0 Å². The fourth-order valence-corrected chi connectivity index (χ4v) is 3.30. The Kier molecular flexibility index (Phi) is 5.10. The highest BCUT2D eigenvalue weighted by molar-refractivity contribution is 5.09. The van der Waals surface area contributed by atoms with Crippen LogP contribution in [0.25, 0.3) is 0 Å². The predicted octanol–water partition coefficient (Wildman–Crippen LogP) is 3.04. The van der Waals surface area contributed by atoms with Crippen LogP contribution in [0, 0.1) is 0 Å². The zero-order valence-corrected chi connectivity index (χ0v) is 14.4. The molecule has 1 atom stereocenters. The van der Waals surface area contributed by atoms with Crippen molar-refractivity contribution in [2.75, 3.05) is 13.1 Å². The maximum atomic E-state index is 4.42. The summed E-state index contributed by atoms with van der Waals surface area (Å²) in [7, 11) is 0. The van der Waals surface area contributed by atoms with Gasteiger partial charge in [-0.15, -0.1) is 0 Å². The summed E-state index contributed by atoms with van der Waals surface area (Å²) in [6, 6.07) is 0. The van der Waals surface area contributed by atoms with Crippen LogP contribution in [0.4, 0.5) is 0 Å². The highest BCUT2D eigenvalue weighted by atomic mass is 15.3. The Labute approximate surface area is 129 Å². The van der Waals surface area contributed by atoms with Crippen LogP contribution in [0.15, 0.2) is 12.4 Å². The number of aromatic nitrogens is 2. The van der Waals surface area contributed by atoms with Crippen molar-refractivity contribution in [2.45, 2.75) is 78.0 Å². The molecule has 1 saturated heterocycles. The standard InChI is InChI=1S/C17H32N4/c1-6-16(5)13-18-17(7-2,8-3)14-20(16)11-15-10-19-21(9-4)12-15/h10,12,18H,6-9,11,13-14H2,1-5H3. The summed E-state index contributed by atoms with van der Waals surface area (Å²) in [4.78, 5) is 2.67. The molecule has 1 fully saturated rings. The molecule has 0 saturated carbocycles. The minimum atomic E-state index is 0.238. The summed E-state index contributed by atoms with van der Waals surface area (Å²) in [6.07, 6.45) is 7.77. The lowest BCUT2D eigenvalue weighted by Gasteiger charge is -2.53. The number of piperazine rings is 1. The number of hydrogen-bond donors (Lipinski definition) is 1. The number of rotatable bonds is 6. The van der Waals surface area contributed by atoms with Gasteiger partial charge in [-0.3, -0.25) is 9.58 Å². The van der Waals surface area contributed by atoms with E-state index in [0.717, 1.165) is 26.2 Å². The largest absolute Gasteiger partial charge is 0.308 e. The molecule has 4 nitrogen and oxygen atoms in total. The molecule has 2 rings (SSSR count). The number of hydrogen-bond acceptors (Lipinski definition) is 3. The molecule has 1 aliphatic rings. The summed E-state index contributed by atoms with van der Waals surface area (Å²) in [5.41, 5.74) is 1.84. The van der Waals surface area contributed by atoms with Gasteiger partial charge in [0.1, 0.15) is 0 Å². The van der Waals surface area contributed by atoms with Gasteiger partial charge in [0.15, 0.2) is 0 Å². The number of nitrogens with zero attached hydrogens (tertiary/aromatic N) is 3. The first-order valence-corrected chi connectivity index (χ1v) is 8.52. The lowest BCUT2D eigenvalue weighted by atomic mass is 9.83. The van der Waals surface area contributed by atoms with Gasteiger partial charge in [0.05, 0.1) is 6.20 Å². The molecule has 0 aliphatic carbocycles. The third kappa shape index (κ3) is 3.32. The molecule has 4 heteroatoms. The Morgan fingerprint density at radius 2 is 1.90 bits per heavy atom. The fourth-order valence-electron chi connectivity index (χ4n) is 3.30. The molecule has 1 N–H and O–H groups in total. The van der Waals surface area contributed by atoms with Gasteiger partial charge >= 0.3 is 0 Å². The molecular weight excluding hydrogens is 260 g/mol. The second-order valence-corrected chi connectivity index (χ2v) is 6.75. The van der Waals surface area contributed by atoms with Crippen LogP contribution in [0.5, 0.6) is 0 Å². The third-order valence-corrected chi connectivity index (χ3v) is 5.60. The molecule has 0 radical (unpaired) electrons. The summed E-state index contributed by atoms with van der Waals surface area (Å²) in [6.45, 7) is 15.6. The molecule has 1 aliphatic heterocycles. The molecule has 21 heavy (non-hydrogen) atoms. The smallest absolute Gasteiger partial charge is 0.0534 e. The van der Waals surface area contributed by atoms with Crippen molar-refractivity contribution in [3.8, 4) is 0 Å². The van der Waals surface area contributed by atoms with E-state index in [9.17, 15) is 0 Å². The van der Waals surface area contributed by atoms with E-state index in [2.05, 4.69) is 56.1 Å². The maximum Gasteiger partial charge on any atom is 0.0534 e. The van der Waals surface area contributed by atoms with Crippen LogP contribution in [0.2, 0.25) is 0 Å². The molecular formula is C17H32N4. The Hall–Kier alpha value is -0.870. The average molecular weight is 292 g/mol. The van der Waals surface area contributed by atoms with E-state index in [1.807, 2.05) is 10.9 Å². The van der Waals surface area contributed by atoms with Gasteiger partial charge in [0, 0.05) is 49.0 Å². The van der Waals surface area contributed by atoms with Crippen molar-refractivity contribution in [3.05, 3.63) is 18.0 Å². The molecule has 1 unspecified atom stereocenters. The summed E-state index contributed by atoms with van der Waals surface area (Å²) in [5, 5.41) is 8.27. The Bertz CT molecular complexity index is 449. The topological polar surface area (TPSA) is 33.1 Å². The van der Waals surface area contributed by atoms with Gasteiger partial charge in [0.25, 0.3) is 0 Å². The van der Waals surface area contributed by atoms with Crippen LogP contribution in [0.3, 0.4) is 0 Å². The van der Waals surface area contributed by atoms with Crippen LogP contribution in [-0.2, 0) is 13.1 Å². The Morgan fingerprint density at radius 1 is 1.19 bits per heavy atom. The first-order chi connectivity index (χ1) is 10.0. The van der Waals surface area contributed by atoms with E-state index in [0.29, 0.717) is 0 Å². The lowest BCUT2D eigenvalue weighted by molar-refractivity contribution is 0.00274. The van der Waals surface area contributed by atoms with Crippen molar-refractivity contribution in [3.63, 3.8) is 0 Å². The summed E-state index contributed by atoms with van der Waals surface area (Å²) < 4.78 is 2.02. The normalized spacial score (nSPS) is 26.1.